The average molecular weight is 338 g/mol. The van der Waals surface area contributed by atoms with Crippen LogP contribution in [0.5, 0.6) is 0 Å². The number of hydrogen-bond donors (Lipinski definition) is 1. The fourth-order valence-electron chi connectivity index (χ4n) is 7.29. The predicted octanol–water partition coefficient (Wildman–Crippen LogP) is 5.29. The third-order valence-electron chi connectivity index (χ3n) is 8.41. The minimum atomic E-state index is -2.56. The molecule has 24 heavy (non-hydrogen) atoms. The summed E-state index contributed by atoms with van der Waals surface area (Å²) < 4.78 is 28.3. The Labute approximate surface area is 142 Å². The van der Waals surface area contributed by atoms with E-state index in [1.807, 2.05) is 0 Å². The number of carbonyl (C=O) groups is 1. The largest absolute Gasteiger partial charge is 0.478 e. The molecule has 0 bridgehead atoms. The van der Waals surface area contributed by atoms with Crippen LogP contribution in [0.25, 0.3) is 0 Å². The summed E-state index contributed by atoms with van der Waals surface area (Å²) in [4.78, 5) is 11.6. The molecule has 0 aromatic rings. The molecule has 4 heteroatoms. The smallest absolute Gasteiger partial charge is 0.332 e. The van der Waals surface area contributed by atoms with Gasteiger partial charge in [-0.2, -0.15) is 0 Å². The number of carboxylic acids is 1. The molecule has 0 radical (unpaired) electrons. The van der Waals surface area contributed by atoms with Crippen LogP contribution in [0.4, 0.5) is 8.78 Å². The Bertz CT molecular complexity index is 572. The molecule has 3 saturated carbocycles. The summed E-state index contributed by atoms with van der Waals surface area (Å²) in [6.45, 7) is 2.41. The molecule has 3 fully saturated rings. The van der Waals surface area contributed by atoms with Crippen LogP contribution >= 0.6 is 0 Å². The van der Waals surface area contributed by atoms with Crippen molar-refractivity contribution in [2.24, 2.45) is 34.5 Å². The third kappa shape index (κ3) is 2.00. The lowest BCUT2D eigenvalue weighted by Gasteiger charge is -2.60. The van der Waals surface area contributed by atoms with Gasteiger partial charge in [0.25, 0.3) is 0 Å². The number of allylic oxidation sites excluding steroid dienone is 1. The number of aliphatic carboxylic acids is 1. The van der Waals surface area contributed by atoms with Crippen molar-refractivity contribution < 1.29 is 18.7 Å². The molecule has 0 spiro atoms. The van der Waals surface area contributed by atoms with Crippen LogP contribution in [-0.2, 0) is 4.79 Å². The molecule has 1 unspecified atom stereocenters. The second kappa shape index (κ2) is 5.54. The summed E-state index contributed by atoms with van der Waals surface area (Å²) in [5.74, 6) is 0.242. The third-order valence-corrected chi connectivity index (χ3v) is 8.41. The summed E-state index contributed by atoms with van der Waals surface area (Å²) in [6, 6.07) is 0. The summed E-state index contributed by atoms with van der Waals surface area (Å²) in [5.41, 5.74) is -1.08. The average Bonchev–Trinajstić information content (AvgIpc) is 2.95. The first-order chi connectivity index (χ1) is 11.4. The standard InChI is InChI=1S/C20H28F2O2/c1-19-10-3-2-4-12(19)5-6-13-14(19)9-11-20(18(21)22)15(13)7-8-16(20)17(23)24/h8,12-15,18H,2-7,9-11H2,1H3,(H,23,24)/t12?,13-,14+,15+,19+,20-/m1/s1. The molecule has 134 valence electrons. The minimum Gasteiger partial charge on any atom is -0.478 e. The van der Waals surface area contributed by atoms with Gasteiger partial charge >= 0.3 is 5.97 Å². The molecule has 6 atom stereocenters. The summed E-state index contributed by atoms with van der Waals surface area (Å²) >= 11 is 0. The highest BCUT2D eigenvalue weighted by molar-refractivity contribution is 5.89. The van der Waals surface area contributed by atoms with Crippen molar-refractivity contribution in [3.05, 3.63) is 11.6 Å². The van der Waals surface area contributed by atoms with Gasteiger partial charge in [-0.1, -0.05) is 25.8 Å². The maximum Gasteiger partial charge on any atom is 0.332 e. The van der Waals surface area contributed by atoms with Crippen molar-refractivity contribution in [1.82, 2.24) is 0 Å². The molecular formula is C20H28F2O2. The predicted molar refractivity (Wildman–Crippen MR) is 87.8 cm³/mol. The monoisotopic (exact) mass is 338 g/mol. The zero-order valence-electron chi connectivity index (χ0n) is 14.4. The van der Waals surface area contributed by atoms with Gasteiger partial charge in [-0.15, -0.1) is 0 Å². The van der Waals surface area contributed by atoms with Gasteiger partial charge in [0.05, 0.1) is 5.41 Å². The topological polar surface area (TPSA) is 37.3 Å². The van der Waals surface area contributed by atoms with Crippen LogP contribution in [-0.4, -0.2) is 17.5 Å². The highest BCUT2D eigenvalue weighted by atomic mass is 19.3. The quantitative estimate of drug-likeness (QED) is 0.743. The second-order valence-corrected chi connectivity index (χ2v) is 8.94. The van der Waals surface area contributed by atoms with E-state index >= 15 is 0 Å². The Morgan fingerprint density at radius 3 is 2.67 bits per heavy atom. The maximum atomic E-state index is 14.2. The number of fused-ring (bicyclic) bond motifs is 5. The molecule has 0 amide bonds. The van der Waals surface area contributed by atoms with Crippen LogP contribution in [0.2, 0.25) is 0 Å². The van der Waals surface area contributed by atoms with Crippen molar-refractivity contribution in [2.45, 2.75) is 71.1 Å². The number of halogens is 2. The summed E-state index contributed by atoms with van der Waals surface area (Å²) in [7, 11) is 0. The van der Waals surface area contributed by atoms with Gasteiger partial charge in [0.2, 0.25) is 6.43 Å². The van der Waals surface area contributed by atoms with Crippen molar-refractivity contribution in [2.75, 3.05) is 0 Å². The van der Waals surface area contributed by atoms with Gasteiger partial charge in [-0.05, 0) is 74.0 Å². The molecular weight excluding hydrogens is 310 g/mol. The van der Waals surface area contributed by atoms with Crippen molar-refractivity contribution in [1.29, 1.82) is 0 Å². The van der Waals surface area contributed by atoms with Crippen LogP contribution in [0, 0.1) is 34.5 Å². The molecule has 4 aliphatic carbocycles. The van der Waals surface area contributed by atoms with E-state index in [2.05, 4.69) is 6.92 Å². The number of hydrogen-bond acceptors (Lipinski definition) is 1. The van der Waals surface area contributed by atoms with Gasteiger partial charge in [0.1, 0.15) is 0 Å². The molecule has 4 rings (SSSR count). The van der Waals surface area contributed by atoms with E-state index in [1.165, 1.54) is 25.7 Å². The first kappa shape index (κ1) is 16.5. The molecule has 0 aliphatic heterocycles. The first-order valence-electron chi connectivity index (χ1n) is 9.63. The van der Waals surface area contributed by atoms with Crippen LogP contribution in [0.3, 0.4) is 0 Å². The summed E-state index contributed by atoms with van der Waals surface area (Å²) in [5, 5.41) is 9.50. The van der Waals surface area contributed by atoms with Gasteiger partial charge in [-0.3, -0.25) is 0 Å². The number of rotatable bonds is 2. The van der Waals surface area contributed by atoms with Gasteiger partial charge in [0.15, 0.2) is 0 Å². The lowest BCUT2D eigenvalue weighted by atomic mass is 9.44. The molecule has 0 aromatic heterocycles. The van der Waals surface area contributed by atoms with Crippen LogP contribution < -0.4 is 0 Å². The van der Waals surface area contributed by atoms with E-state index in [0.717, 1.165) is 25.2 Å². The Balaban J connectivity index is 1.69. The van der Waals surface area contributed by atoms with Gasteiger partial charge in [0, 0.05) is 5.57 Å². The molecule has 4 aliphatic rings. The zero-order valence-corrected chi connectivity index (χ0v) is 14.4. The fraction of sp³-hybridized carbons (Fsp3) is 0.850. The minimum absolute atomic E-state index is 0.0110. The molecule has 0 heterocycles. The Morgan fingerprint density at radius 2 is 1.96 bits per heavy atom. The first-order valence-corrected chi connectivity index (χ1v) is 9.63. The maximum absolute atomic E-state index is 14.2. The summed E-state index contributed by atoms with van der Waals surface area (Å²) in [6.07, 6.45) is 8.00. The Kier molecular flexibility index (Phi) is 3.81. The lowest BCUT2D eigenvalue weighted by Crippen LogP contribution is -2.55. The highest BCUT2D eigenvalue weighted by Crippen LogP contribution is 2.67. The van der Waals surface area contributed by atoms with E-state index in [1.54, 1.807) is 6.08 Å². The van der Waals surface area contributed by atoms with E-state index in [9.17, 15) is 18.7 Å². The Morgan fingerprint density at radius 1 is 1.17 bits per heavy atom. The molecule has 1 N–H and O–H groups in total. The highest BCUT2D eigenvalue weighted by Gasteiger charge is 2.63. The van der Waals surface area contributed by atoms with Crippen molar-refractivity contribution >= 4 is 5.97 Å². The fourth-order valence-corrected chi connectivity index (χ4v) is 7.29. The normalized spacial score (nSPS) is 47.6. The SMILES string of the molecule is C[C@]12CCCCC1CC[C@@H]1[C@@H]2CC[C@]2(C(F)F)C(C(=O)O)=CC[C@@H]12. The van der Waals surface area contributed by atoms with E-state index in [0.29, 0.717) is 24.2 Å². The van der Waals surface area contributed by atoms with Crippen LogP contribution in [0.1, 0.15) is 64.7 Å². The Hall–Kier alpha value is -0.930. The molecule has 0 saturated heterocycles. The van der Waals surface area contributed by atoms with Crippen molar-refractivity contribution in [3.63, 3.8) is 0 Å². The molecule has 0 aromatic carbocycles. The van der Waals surface area contributed by atoms with E-state index in [-0.39, 0.29) is 17.4 Å². The van der Waals surface area contributed by atoms with E-state index < -0.39 is 17.8 Å². The second-order valence-electron chi connectivity index (χ2n) is 8.94. The zero-order chi connectivity index (χ0) is 17.1. The number of alkyl halides is 2. The van der Waals surface area contributed by atoms with Gasteiger partial charge < -0.3 is 5.11 Å². The van der Waals surface area contributed by atoms with Gasteiger partial charge in [-0.25, -0.2) is 13.6 Å². The number of carboxylic acid groups (broad SMARTS) is 1. The lowest BCUT2D eigenvalue weighted by molar-refractivity contribution is -0.151. The molecule has 2 nitrogen and oxygen atoms in total. The van der Waals surface area contributed by atoms with Crippen LogP contribution in [0.15, 0.2) is 11.6 Å². The van der Waals surface area contributed by atoms with Crippen molar-refractivity contribution in [3.8, 4) is 0 Å². The van der Waals surface area contributed by atoms with E-state index in [4.69, 9.17) is 0 Å².